The Bertz CT molecular complexity index is 433. The summed E-state index contributed by atoms with van der Waals surface area (Å²) in [6.07, 6.45) is 1.95. The zero-order valence-corrected chi connectivity index (χ0v) is 10.8. The lowest BCUT2D eigenvalue weighted by Crippen LogP contribution is -2.40. The molecule has 1 aliphatic rings. The van der Waals surface area contributed by atoms with Gasteiger partial charge in [-0.25, -0.2) is 4.39 Å². The van der Waals surface area contributed by atoms with E-state index in [0.717, 1.165) is 31.5 Å². The molecule has 0 bridgehead atoms. The van der Waals surface area contributed by atoms with Gasteiger partial charge in [0.15, 0.2) is 0 Å². The number of hydrogen-bond acceptors (Lipinski definition) is 2. The molecule has 0 radical (unpaired) electrons. The molecule has 98 valence electrons. The number of hydrogen-bond donors (Lipinski definition) is 2. The van der Waals surface area contributed by atoms with Gasteiger partial charge in [-0.1, -0.05) is 17.7 Å². The molecule has 1 atom stereocenters. The fourth-order valence-corrected chi connectivity index (χ4v) is 2.26. The van der Waals surface area contributed by atoms with E-state index in [1.54, 1.807) is 6.07 Å². The van der Waals surface area contributed by atoms with Gasteiger partial charge in [0.1, 0.15) is 5.82 Å². The summed E-state index contributed by atoms with van der Waals surface area (Å²) in [4.78, 5) is 11.9. The standard InChI is InChI=1S/C13H16ClFN2O/c14-11-6-9(3-4-12(11)15)7-17-13(18)10-2-1-5-16-8-10/h3-4,6,10,16H,1-2,5,7-8H2,(H,17,18)/t10-/m0/s1. The molecule has 1 amide bonds. The van der Waals surface area contributed by atoms with Crippen molar-refractivity contribution in [1.29, 1.82) is 0 Å². The first-order chi connectivity index (χ1) is 8.66. The van der Waals surface area contributed by atoms with Crippen LogP contribution in [0.5, 0.6) is 0 Å². The minimum absolute atomic E-state index is 0.0367. The van der Waals surface area contributed by atoms with Gasteiger partial charge in [-0.05, 0) is 37.1 Å². The molecule has 0 spiro atoms. The number of halogens is 2. The molecule has 18 heavy (non-hydrogen) atoms. The van der Waals surface area contributed by atoms with Crippen LogP contribution in [0, 0.1) is 11.7 Å². The molecule has 1 fully saturated rings. The van der Waals surface area contributed by atoms with Crippen LogP contribution < -0.4 is 10.6 Å². The van der Waals surface area contributed by atoms with E-state index >= 15 is 0 Å². The van der Waals surface area contributed by atoms with Crippen LogP contribution in [0.4, 0.5) is 4.39 Å². The average Bonchev–Trinajstić information content (AvgIpc) is 2.41. The van der Waals surface area contributed by atoms with Crippen molar-refractivity contribution < 1.29 is 9.18 Å². The maximum Gasteiger partial charge on any atom is 0.224 e. The molecule has 1 aliphatic heterocycles. The number of rotatable bonds is 3. The quantitative estimate of drug-likeness (QED) is 0.883. The third kappa shape index (κ3) is 3.43. The summed E-state index contributed by atoms with van der Waals surface area (Å²) in [5, 5.41) is 6.14. The predicted octanol–water partition coefficient (Wildman–Crippen LogP) is 2.09. The summed E-state index contributed by atoms with van der Waals surface area (Å²) >= 11 is 5.68. The van der Waals surface area contributed by atoms with Gasteiger partial charge >= 0.3 is 0 Å². The lowest BCUT2D eigenvalue weighted by atomic mass is 9.99. The number of nitrogens with one attached hydrogen (secondary N) is 2. The zero-order valence-electron chi connectivity index (χ0n) is 10.0. The summed E-state index contributed by atoms with van der Waals surface area (Å²) < 4.78 is 13.0. The Morgan fingerprint density at radius 2 is 2.39 bits per heavy atom. The third-order valence-electron chi connectivity index (χ3n) is 3.12. The largest absolute Gasteiger partial charge is 0.352 e. The second kappa shape index (κ2) is 6.16. The van der Waals surface area contributed by atoms with Crippen molar-refractivity contribution in [2.24, 2.45) is 5.92 Å². The molecule has 0 saturated carbocycles. The molecule has 1 saturated heterocycles. The highest BCUT2D eigenvalue weighted by atomic mass is 35.5. The molecule has 2 rings (SSSR count). The van der Waals surface area contributed by atoms with Crippen molar-refractivity contribution >= 4 is 17.5 Å². The highest BCUT2D eigenvalue weighted by Gasteiger charge is 2.20. The Balaban J connectivity index is 1.86. The summed E-state index contributed by atoms with van der Waals surface area (Å²) in [6.45, 7) is 2.10. The Morgan fingerprint density at radius 1 is 1.56 bits per heavy atom. The second-order valence-electron chi connectivity index (χ2n) is 4.51. The molecular formula is C13H16ClFN2O. The van der Waals surface area contributed by atoms with E-state index in [-0.39, 0.29) is 16.8 Å². The van der Waals surface area contributed by atoms with Gasteiger partial charge in [-0.3, -0.25) is 4.79 Å². The van der Waals surface area contributed by atoms with Gasteiger partial charge < -0.3 is 10.6 Å². The lowest BCUT2D eigenvalue weighted by molar-refractivity contribution is -0.125. The topological polar surface area (TPSA) is 41.1 Å². The number of carbonyl (C=O) groups is 1. The van der Waals surface area contributed by atoms with E-state index in [0.29, 0.717) is 6.54 Å². The van der Waals surface area contributed by atoms with Crippen LogP contribution >= 0.6 is 11.6 Å². The van der Waals surface area contributed by atoms with Crippen LogP contribution in [0.25, 0.3) is 0 Å². The van der Waals surface area contributed by atoms with E-state index in [4.69, 9.17) is 11.6 Å². The maximum atomic E-state index is 13.0. The van der Waals surface area contributed by atoms with Crippen molar-refractivity contribution in [3.8, 4) is 0 Å². The molecule has 0 unspecified atom stereocenters. The Morgan fingerprint density at radius 3 is 3.06 bits per heavy atom. The predicted molar refractivity (Wildman–Crippen MR) is 68.9 cm³/mol. The number of carbonyl (C=O) groups excluding carboxylic acids is 1. The van der Waals surface area contributed by atoms with E-state index in [2.05, 4.69) is 10.6 Å². The van der Waals surface area contributed by atoms with Crippen molar-refractivity contribution in [2.45, 2.75) is 19.4 Å². The monoisotopic (exact) mass is 270 g/mol. The van der Waals surface area contributed by atoms with Crippen molar-refractivity contribution in [2.75, 3.05) is 13.1 Å². The second-order valence-corrected chi connectivity index (χ2v) is 4.92. The van der Waals surface area contributed by atoms with Gasteiger partial charge in [-0.2, -0.15) is 0 Å². The van der Waals surface area contributed by atoms with Crippen molar-refractivity contribution in [3.05, 3.63) is 34.6 Å². The molecule has 0 aliphatic carbocycles. The minimum Gasteiger partial charge on any atom is -0.352 e. The van der Waals surface area contributed by atoms with E-state index in [1.165, 1.54) is 12.1 Å². The van der Waals surface area contributed by atoms with Crippen LogP contribution in [0.15, 0.2) is 18.2 Å². The van der Waals surface area contributed by atoms with Crippen LogP contribution in [0.3, 0.4) is 0 Å². The number of benzene rings is 1. The molecular weight excluding hydrogens is 255 g/mol. The summed E-state index contributed by atoms with van der Waals surface area (Å²) in [5.74, 6) is -0.361. The van der Waals surface area contributed by atoms with Gasteiger partial charge in [0.2, 0.25) is 5.91 Å². The molecule has 3 nitrogen and oxygen atoms in total. The normalized spacial score (nSPS) is 19.6. The molecule has 1 aromatic rings. The van der Waals surface area contributed by atoms with Gasteiger partial charge in [0, 0.05) is 13.1 Å². The fourth-order valence-electron chi connectivity index (χ4n) is 2.06. The van der Waals surface area contributed by atoms with Crippen molar-refractivity contribution in [3.63, 3.8) is 0 Å². The molecule has 1 aromatic carbocycles. The third-order valence-corrected chi connectivity index (χ3v) is 3.41. The fraction of sp³-hybridized carbons (Fsp3) is 0.462. The maximum absolute atomic E-state index is 13.0. The van der Waals surface area contributed by atoms with Crippen LogP contribution in [-0.2, 0) is 11.3 Å². The molecule has 1 heterocycles. The highest BCUT2D eigenvalue weighted by Crippen LogP contribution is 2.16. The minimum atomic E-state index is -0.441. The summed E-state index contributed by atoms with van der Waals surface area (Å²) in [7, 11) is 0. The highest BCUT2D eigenvalue weighted by molar-refractivity contribution is 6.30. The molecule has 2 N–H and O–H groups in total. The van der Waals surface area contributed by atoms with Gasteiger partial charge in [-0.15, -0.1) is 0 Å². The lowest BCUT2D eigenvalue weighted by Gasteiger charge is -2.21. The zero-order chi connectivity index (χ0) is 13.0. The number of piperidine rings is 1. The molecule has 5 heteroatoms. The van der Waals surface area contributed by atoms with Crippen LogP contribution in [-0.4, -0.2) is 19.0 Å². The first kappa shape index (κ1) is 13.3. The summed E-state index contributed by atoms with van der Waals surface area (Å²) in [5.41, 5.74) is 0.804. The van der Waals surface area contributed by atoms with E-state index in [9.17, 15) is 9.18 Å². The SMILES string of the molecule is O=C(NCc1ccc(F)c(Cl)c1)[C@H]1CCCNC1. The molecule has 0 aromatic heterocycles. The first-order valence-corrected chi connectivity index (χ1v) is 6.47. The Hall–Kier alpha value is -1.13. The van der Waals surface area contributed by atoms with Gasteiger partial charge in [0.05, 0.1) is 10.9 Å². The summed E-state index contributed by atoms with van der Waals surface area (Å²) in [6, 6.07) is 4.48. The Labute approximate surface area is 111 Å². The van der Waals surface area contributed by atoms with E-state index in [1.807, 2.05) is 0 Å². The van der Waals surface area contributed by atoms with Gasteiger partial charge in [0.25, 0.3) is 0 Å². The van der Waals surface area contributed by atoms with E-state index < -0.39 is 5.82 Å². The first-order valence-electron chi connectivity index (χ1n) is 6.09. The van der Waals surface area contributed by atoms with Crippen LogP contribution in [0.2, 0.25) is 5.02 Å². The Kier molecular flexibility index (Phi) is 4.55. The average molecular weight is 271 g/mol. The van der Waals surface area contributed by atoms with Crippen molar-refractivity contribution in [1.82, 2.24) is 10.6 Å². The number of amides is 1. The smallest absolute Gasteiger partial charge is 0.224 e. The van der Waals surface area contributed by atoms with Crippen LogP contribution in [0.1, 0.15) is 18.4 Å².